The fraction of sp³-hybridized carbons (Fsp3) is 0.281. The number of ether oxygens (including phenoxy) is 1. The molecular weight excluding hydrogens is 532 g/mol. The summed E-state index contributed by atoms with van der Waals surface area (Å²) in [5.41, 5.74) is 3.52. The third-order valence-corrected chi connectivity index (χ3v) is 6.23. The summed E-state index contributed by atoms with van der Waals surface area (Å²) in [5.74, 6) is -0.655. The van der Waals surface area contributed by atoms with Crippen molar-refractivity contribution in [1.82, 2.24) is 15.1 Å². The van der Waals surface area contributed by atoms with E-state index in [1.54, 1.807) is 43.3 Å². The second-order valence-electron chi connectivity index (χ2n) is 9.76. The number of anilines is 1. The van der Waals surface area contributed by atoms with Crippen molar-refractivity contribution in [3.63, 3.8) is 0 Å². The number of methoxy groups -OCH3 is 1. The lowest BCUT2D eigenvalue weighted by Crippen LogP contribution is -2.41. The summed E-state index contributed by atoms with van der Waals surface area (Å²) in [7, 11) is 7.36. The molecule has 0 atom stereocenters. The van der Waals surface area contributed by atoms with Crippen LogP contribution in [0.4, 0.5) is 5.69 Å². The Morgan fingerprint density at radius 1 is 1.14 bits per heavy atom. The molecule has 222 valence electrons. The van der Waals surface area contributed by atoms with E-state index >= 15 is 0 Å². The molecule has 0 saturated carbocycles. The van der Waals surface area contributed by atoms with Crippen molar-refractivity contribution >= 4 is 35.8 Å². The van der Waals surface area contributed by atoms with Gasteiger partial charge in [-0.05, 0) is 70.6 Å². The second kappa shape index (κ2) is 15.9. The van der Waals surface area contributed by atoms with Crippen LogP contribution in [0.1, 0.15) is 24.2 Å². The molecule has 42 heavy (non-hydrogen) atoms. The summed E-state index contributed by atoms with van der Waals surface area (Å²) >= 11 is 0. The van der Waals surface area contributed by atoms with Gasteiger partial charge in [0.25, 0.3) is 5.91 Å². The lowest BCUT2D eigenvalue weighted by atomic mass is 10.0. The number of benzene rings is 1. The fourth-order valence-electron chi connectivity index (χ4n) is 4.06. The number of rotatable bonds is 14. The number of amidine groups is 1. The maximum atomic E-state index is 13.4. The number of nitrogens with zero attached hydrogens (tertiary/aromatic N) is 5. The third kappa shape index (κ3) is 8.92. The van der Waals surface area contributed by atoms with Gasteiger partial charge in [0.05, 0.1) is 29.4 Å². The molecule has 2 amide bonds. The van der Waals surface area contributed by atoms with Gasteiger partial charge in [-0.25, -0.2) is 4.99 Å². The van der Waals surface area contributed by atoms with Crippen LogP contribution in [-0.2, 0) is 14.3 Å². The maximum Gasteiger partial charge on any atom is 0.257 e. The zero-order valence-electron chi connectivity index (χ0n) is 25.3. The summed E-state index contributed by atoms with van der Waals surface area (Å²) in [6.07, 6.45) is 7.48. The van der Waals surface area contributed by atoms with Crippen molar-refractivity contribution < 1.29 is 19.1 Å². The average Bonchev–Trinajstić information content (AvgIpc) is 2.94. The van der Waals surface area contributed by atoms with E-state index in [2.05, 4.69) is 30.2 Å². The van der Waals surface area contributed by atoms with Crippen molar-refractivity contribution in [2.24, 2.45) is 9.98 Å². The average molecular weight is 573 g/mol. The van der Waals surface area contributed by atoms with Gasteiger partial charge in [-0.15, -0.1) is 0 Å². The number of amides is 2. The van der Waals surface area contributed by atoms with Gasteiger partial charge in [0.1, 0.15) is 5.84 Å². The molecule has 1 aliphatic rings. The van der Waals surface area contributed by atoms with Crippen LogP contribution in [0.3, 0.4) is 0 Å². The van der Waals surface area contributed by atoms with Gasteiger partial charge in [0.15, 0.2) is 5.78 Å². The van der Waals surface area contributed by atoms with Crippen LogP contribution >= 0.6 is 0 Å². The summed E-state index contributed by atoms with van der Waals surface area (Å²) in [5, 5.41) is 2.85. The highest BCUT2D eigenvalue weighted by Crippen LogP contribution is 2.28. The summed E-state index contributed by atoms with van der Waals surface area (Å²) in [6, 6.07) is 6.74. The molecule has 1 aliphatic heterocycles. The molecule has 0 spiro atoms. The van der Waals surface area contributed by atoms with Crippen LogP contribution in [0.25, 0.3) is 0 Å². The van der Waals surface area contributed by atoms with Gasteiger partial charge >= 0.3 is 0 Å². The lowest BCUT2D eigenvalue weighted by Gasteiger charge is -2.29. The first-order valence-corrected chi connectivity index (χ1v) is 13.2. The first kappa shape index (κ1) is 33.5. The van der Waals surface area contributed by atoms with Gasteiger partial charge < -0.3 is 19.9 Å². The minimum Gasteiger partial charge on any atom is -0.378 e. The Hall–Kier alpha value is -4.67. The predicted molar refractivity (Wildman–Crippen MR) is 169 cm³/mol. The SMILES string of the molecule is C=CC(=O)NC(/C=C(COC)/N=C1\C(=C/N=C)C(C)=CC(=O)N1c1cccc(C(C)=O)c1)=C(/C=C)N(C)CCN(C)C. The van der Waals surface area contributed by atoms with Crippen molar-refractivity contribution in [2.45, 2.75) is 13.8 Å². The number of carbonyl (C=O) groups is 3. The van der Waals surface area contributed by atoms with E-state index in [0.29, 0.717) is 46.0 Å². The Balaban J connectivity index is 2.87. The van der Waals surface area contributed by atoms with E-state index in [1.807, 2.05) is 30.9 Å². The zero-order chi connectivity index (χ0) is 31.4. The highest BCUT2D eigenvalue weighted by atomic mass is 16.5. The number of hydrogen-bond donors (Lipinski definition) is 1. The number of allylic oxidation sites excluding steroid dienone is 2. The smallest absolute Gasteiger partial charge is 0.257 e. The minimum absolute atomic E-state index is 0.0376. The van der Waals surface area contributed by atoms with Gasteiger partial charge in [-0.2, -0.15) is 0 Å². The molecule has 1 heterocycles. The highest BCUT2D eigenvalue weighted by Gasteiger charge is 2.30. The van der Waals surface area contributed by atoms with Crippen LogP contribution in [0.2, 0.25) is 0 Å². The molecule has 1 aromatic carbocycles. The molecule has 0 fully saturated rings. The van der Waals surface area contributed by atoms with Gasteiger partial charge in [0, 0.05) is 50.7 Å². The van der Waals surface area contributed by atoms with Crippen molar-refractivity contribution in [3.8, 4) is 0 Å². The van der Waals surface area contributed by atoms with Crippen molar-refractivity contribution in [1.29, 1.82) is 0 Å². The molecule has 1 aromatic rings. The number of ketones is 1. The highest BCUT2D eigenvalue weighted by molar-refractivity contribution is 6.30. The van der Waals surface area contributed by atoms with Crippen LogP contribution in [0.15, 0.2) is 106 Å². The molecule has 0 bridgehead atoms. The van der Waals surface area contributed by atoms with Gasteiger partial charge in [-0.1, -0.05) is 25.3 Å². The van der Waals surface area contributed by atoms with Gasteiger partial charge in [-0.3, -0.25) is 24.3 Å². The third-order valence-electron chi connectivity index (χ3n) is 6.23. The number of aliphatic imine (C=N–C) groups is 2. The Morgan fingerprint density at radius 2 is 1.86 bits per heavy atom. The Bertz CT molecular complexity index is 1400. The van der Waals surface area contributed by atoms with E-state index in [9.17, 15) is 14.4 Å². The molecule has 0 radical (unpaired) electrons. The Kier molecular flexibility index (Phi) is 12.7. The van der Waals surface area contributed by atoms with E-state index < -0.39 is 5.91 Å². The first-order valence-electron chi connectivity index (χ1n) is 13.2. The first-order chi connectivity index (χ1) is 20.0. The summed E-state index contributed by atoms with van der Waals surface area (Å²) in [6.45, 7) is 15.8. The van der Waals surface area contributed by atoms with Gasteiger partial charge in [0.2, 0.25) is 5.91 Å². The fourth-order valence-corrected chi connectivity index (χ4v) is 4.06. The molecule has 0 saturated heterocycles. The molecule has 10 nitrogen and oxygen atoms in total. The van der Waals surface area contributed by atoms with Crippen LogP contribution < -0.4 is 10.2 Å². The van der Waals surface area contributed by atoms with Crippen LogP contribution in [0.5, 0.6) is 0 Å². The van der Waals surface area contributed by atoms with E-state index in [0.717, 1.165) is 6.54 Å². The summed E-state index contributed by atoms with van der Waals surface area (Å²) < 4.78 is 5.48. The molecule has 1 N–H and O–H groups in total. The summed E-state index contributed by atoms with van der Waals surface area (Å²) in [4.78, 5) is 52.3. The van der Waals surface area contributed by atoms with Crippen molar-refractivity contribution in [2.75, 3.05) is 52.8 Å². The number of nitrogens with one attached hydrogen (secondary N) is 1. The van der Waals surface area contributed by atoms with E-state index in [-0.39, 0.29) is 24.1 Å². The van der Waals surface area contributed by atoms with E-state index in [4.69, 9.17) is 9.73 Å². The Morgan fingerprint density at radius 3 is 2.43 bits per heavy atom. The molecule has 0 aliphatic carbocycles. The zero-order valence-corrected chi connectivity index (χ0v) is 25.3. The monoisotopic (exact) mass is 572 g/mol. The lowest BCUT2D eigenvalue weighted by molar-refractivity contribution is -0.116. The number of hydrogen-bond acceptors (Lipinski definition) is 8. The normalized spacial score (nSPS) is 16.3. The quantitative estimate of drug-likeness (QED) is 0.157. The molecule has 0 unspecified atom stereocenters. The topological polar surface area (TPSA) is 107 Å². The number of Topliss-reactive ketones (excluding diaryl/α,β-unsaturated/α-hetero) is 1. The van der Waals surface area contributed by atoms with Crippen LogP contribution in [-0.4, -0.2) is 87.9 Å². The second-order valence-corrected chi connectivity index (χ2v) is 9.76. The Labute approximate surface area is 248 Å². The van der Waals surface area contributed by atoms with E-state index in [1.165, 1.54) is 37.3 Å². The largest absolute Gasteiger partial charge is 0.378 e. The maximum absolute atomic E-state index is 13.4. The molecular formula is C32H40N6O4. The standard InChI is InChI=1S/C32H40N6O4/c1-10-29(37(8)16-15-36(6)7)28(35-30(40)11-2)19-25(21-42-9)34-32-27(20-33-5)22(3)17-31(41)38(32)26-14-12-13-24(18-26)23(4)39/h10-14,17-20H,1-2,5,15-16,21H2,3-4,6-9H3,(H,35,40)/b25-19+,27-20-,29-28-,34-32+. The predicted octanol–water partition coefficient (Wildman–Crippen LogP) is 3.89. The molecule has 2 rings (SSSR count). The van der Waals surface area contributed by atoms with Crippen molar-refractivity contribution in [3.05, 3.63) is 102 Å². The minimum atomic E-state index is -0.420. The molecule has 0 aromatic heterocycles. The number of carbonyl (C=O) groups excluding carboxylic acids is 3. The molecule has 10 heteroatoms. The van der Waals surface area contributed by atoms with Crippen LogP contribution in [0, 0.1) is 0 Å². The number of likely N-dealkylation sites (N-methyl/N-ethyl adjacent to an activating group) is 2.